The van der Waals surface area contributed by atoms with Crippen molar-refractivity contribution in [2.24, 2.45) is 4.99 Å². The number of non-ortho nitro benzene ring substituents is 1. The Kier molecular flexibility index (Phi) is 4.03. The van der Waals surface area contributed by atoms with Crippen LogP contribution in [0.25, 0.3) is 0 Å². The van der Waals surface area contributed by atoms with Crippen molar-refractivity contribution in [3.8, 4) is 5.75 Å². The normalized spacial score (nSPS) is 13.9. The van der Waals surface area contributed by atoms with Crippen LogP contribution in [-0.4, -0.2) is 30.3 Å². The summed E-state index contributed by atoms with van der Waals surface area (Å²) in [6.07, 6.45) is 0. The SMILES string of the molecule is COc1ccc([N+](=O)[O-])cc1CSC1=NCCN1. The molecule has 2 rings (SSSR count). The van der Waals surface area contributed by atoms with Crippen molar-refractivity contribution in [3.63, 3.8) is 0 Å². The van der Waals surface area contributed by atoms with E-state index in [9.17, 15) is 10.1 Å². The Morgan fingerprint density at radius 3 is 3.06 bits per heavy atom. The van der Waals surface area contributed by atoms with Gasteiger partial charge in [0, 0.05) is 30.0 Å². The second-order valence-electron chi connectivity index (χ2n) is 3.66. The van der Waals surface area contributed by atoms with Gasteiger partial charge in [-0.05, 0) is 6.07 Å². The summed E-state index contributed by atoms with van der Waals surface area (Å²) in [5, 5.41) is 14.8. The Morgan fingerprint density at radius 1 is 1.61 bits per heavy atom. The zero-order valence-electron chi connectivity index (χ0n) is 9.88. The summed E-state index contributed by atoms with van der Waals surface area (Å²) in [4.78, 5) is 14.6. The molecular weight excluding hydrogens is 254 g/mol. The van der Waals surface area contributed by atoms with Crippen LogP contribution in [0.4, 0.5) is 5.69 Å². The molecule has 1 N–H and O–H groups in total. The first-order chi connectivity index (χ1) is 8.70. The summed E-state index contributed by atoms with van der Waals surface area (Å²) in [6, 6.07) is 4.61. The fraction of sp³-hybridized carbons (Fsp3) is 0.364. The number of nitrogens with one attached hydrogen (secondary N) is 1. The van der Waals surface area contributed by atoms with E-state index in [-0.39, 0.29) is 5.69 Å². The molecule has 0 radical (unpaired) electrons. The predicted molar refractivity (Wildman–Crippen MR) is 71.2 cm³/mol. The Labute approximate surface area is 109 Å². The average molecular weight is 267 g/mol. The van der Waals surface area contributed by atoms with Gasteiger partial charge in [0.15, 0.2) is 5.17 Å². The Bertz CT molecular complexity index is 490. The van der Waals surface area contributed by atoms with Crippen LogP contribution >= 0.6 is 11.8 Å². The summed E-state index contributed by atoms with van der Waals surface area (Å²) < 4.78 is 5.20. The maximum Gasteiger partial charge on any atom is 0.270 e. The molecule has 0 aromatic heterocycles. The molecule has 0 amide bonds. The van der Waals surface area contributed by atoms with Crippen molar-refractivity contribution in [1.29, 1.82) is 0 Å². The molecule has 0 spiro atoms. The van der Waals surface area contributed by atoms with Crippen LogP contribution in [0, 0.1) is 10.1 Å². The number of thioether (sulfide) groups is 1. The number of hydrogen-bond acceptors (Lipinski definition) is 6. The van der Waals surface area contributed by atoms with Gasteiger partial charge in [-0.1, -0.05) is 11.8 Å². The van der Waals surface area contributed by atoms with E-state index in [0.29, 0.717) is 11.5 Å². The minimum Gasteiger partial charge on any atom is -0.496 e. The van der Waals surface area contributed by atoms with Crippen molar-refractivity contribution in [2.75, 3.05) is 20.2 Å². The number of nitro benzene ring substituents is 1. The smallest absolute Gasteiger partial charge is 0.270 e. The van der Waals surface area contributed by atoms with Crippen molar-refractivity contribution < 1.29 is 9.66 Å². The molecule has 1 aliphatic heterocycles. The van der Waals surface area contributed by atoms with E-state index in [4.69, 9.17) is 4.74 Å². The van der Waals surface area contributed by atoms with Gasteiger partial charge in [0.05, 0.1) is 18.6 Å². The monoisotopic (exact) mass is 267 g/mol. The Balaban J connectivity index is 2.13. The van der Waals surface area contributed by atoms with Gasteiger partial charge in [-0.25, -0.2) is 0 Å². The number of aliphatic imine (C=N–C) groups is 1. The Morgan fingerprint density at radius 2 is 2.44 bits per heavy atom. The molecule has 7 heteroatoms. The van der Waals surface area contributed by atoms with Crippen molar-refractivity contribution in [2.45, 2.75) is 5.75 Å². The largest absolute Gasteiger partial charge is 0.496 e. The van der Waals surface area contributed by atoms with Crippen LogP contribution in [-0.2, 0) is 5.75 Å². The first-order valence-electron chi connectivity index (χ1n) is 5.43. The lowest BCUT2D eigenvalue weighted by Crippen LogP contribution is -2.15. The second-order valence-corrected chi connectivity index (χ2v) is 4.62. The molecule has 1 aromatic carbocycles. The lowest BCUT2D eigenvalue weighted by Gasteiger charge is -2.08. The summed E-state index contributed by atoms with van der Waals surface area (Å²) >= 11 is 1.52. The highest BCUT2D eigenvalue weighted by molar-refractivity contribution is 8.13. The topological polar surface area (TPSA) is 76.8 Å². The van der Waals surface area contributed by atoms with Crippen LogP contribution in [0.2, 0.25) is 0 Å². The average Bonchev–Trinajstić information content (AvgIpc) is 2.89. The fourth-order valence-corrected chi connectivity index (χ4v) is 2.51. The second kappa shape index (κ2) is 5.72. The van der Waals surface area contributed by atoms with E-state index in [0.717, 1.165) is 23.8 Å². The van der Waals surface area contributed by atoms with E-state index < -0.39 is 4.92 Å². The molecule has 0 atom stereocenters. The maximum atomic E-state index is 10.7. The molecule has 0 saturated carbocycles. The highest BCUT2D eigenvalue weighted by atomic mass is 32.2. The quantitative estimate of drug-likeness (QED) is 0.665. The molecule has 96 valence electrons. The zero-order valence-corrected chi connectivity index (χ0v) is 10.7. The van der Waals surface area contributed by atoms with E-state index in [1.165, 1.54) is 17.8 Å². The summed E-state index contributed by atoms with van der Waals surface area (Å²) in [5.74, 6) is 1.25. The van der Waals surface area contributed by atoms with Crippen molar-refractivity contribution >= 4 is 22.6 Å². The summed E-state index contributed by atoms with van der Waals surface area (Å²) in [6.45, 7) is 1.64. The molecule has 0 fully saturated rings. The number of ether oxygens (including phenoxy) is 1. The molecule has 0 saturated heterocycles. The third-order valence-corrected chi connectivity index (χ3v) is 3.48. The van der Waals surface area contributed by atoms with Gasteiger partial charge in [-0.2, -0.15) is 0 Å². The van der Waals surface area contributed by atoms with E-state index in [1.54, 1.807) is 19.2 Å². The number of hydrogen-bond donors (Lipinski definition) is 1. The summed E-state index contributed by atoms with van der Waals surface area (Å²) in [5.41, 5.74) is 0.876. The standard InChI is InChI=1S/C11H13N3O3S/c1-17-10-3-2-9(14(15)16)6-8(10)7-18-11-12-4-5-13-11/h2-3,6H,4-5,7H2,1H3,(H,12,13). The van der Waals surface area contributed by atoms with Gasteiger partial charge >= 0.3 is 0 Å². The molecule has 1 aliphatic rings. The number of benzene rings is 1. The van der Waals surface area contributed by atoms with Gasteiger partial charge in [0.1, 0.15) is 5.75 Å². The van der Waals surface area contributed by atoms with Crippen LogP contribution in [0.5, 0.6) is 5.75 Å². The van der Waals surface area contributed by atoms with E-state index in [2.05, 4.69) is 10.3 Å². The van der Waals surface area contributed by atoms with Gasteiger partial charge in [-0.3, -0.25) is 15.1 Å². The molecular formula is C11H13N3O3S. The fourth-order valence-electron chi connectivity index (χ4n) is 1.61. The lowest BCUT2D eigenvalue weighted by atomic mass is 10.2. The maximum absolute atomic E-state index is 10.7. The van der Waals surface area contributed by atoms with E-state index in [1.807, 2.05) is 0 Å². The number of nitrogens with zero attached hydrogens (tertiary/aromatic N) is 2. The predicted octanol–water partition coefficient (Wildman–Crippen LogP) is 1.80. The minimum absolute atomic E-state index is 0.0766. The number of amidine groups is 1. The van der Waals surface area contributed by atoms with Crippen molar-refractivity contribution in [3.05, 3.63) is 33.9 Å². The zero-order chi connectivity index (χ0) is 13.0. The lowest BCUT2D eigenvalue weighted by molar-refractivity contribution is -0.384. The molecule has 0 aliphatic carbocycles. The number of rotatable bonds is 4. The van der Waals surface area contributed by atoms with Crippen molar-refractivity contribution in [1.82, 2.24) is 5.32 Å². The molecule has 0 unspecified atom stereocenters. The Hall–Kier alpha value is -1.76. The van der Waals surface area contributed by atoms with Crippen LogP contribution in [0.1, 0.15) is 5.56 Å². The molecule has 6 nitrogen and oxygen atoms in total. The number of nitro groups is 1. The first kappa shape index (κ1) is 12.7. The summed E-state index contributed by atoms with van der Waals surface area (Å²) in [7, 11) is 1.56. The highest BCUT2D eigenvalue weighted by Gasteiger charge is 2.13. The minimum atomic E-state index is -0.404. The first-order valence-corrected chi connectivity index (χ1v) is 6.41. The van der Waals surface area contributed by atoms with Gasteiger partial charge < -0.3 is 10.1 Å². The van der Waals surface area contributed by atoms with Crippen LogP contribution < -0.4 is 10.1 Å². The molecule has 1 aromatic rings. The third kappa shape index (κ3) is 2.92. The van der Waals surface area contributed by atoms with Gasteiger partial charge in [-0.15, -0.1) is 0 Å². The molecule has 0 bridgehead atoms. The number of methoxy groups -OCH3 is 1. The molecule has 1 heterocycles. The molecule has 18 heavy (non-hydrogen) atoms. The van der Waals surface area contributed by atoms with E-state index >= 15 is 0 Å². The third-order valence-electron chi connectivity index (χ3n) is 2.48. The van der Waals surface area contributed by atoms with Crippen LogP contribution in [0.15, 0.2) is 23.2 Å². The highest BCUT2D eigenvalue weighted by Crippen LogP contribution is 2.27. The van der Waals surface area contributed by atoms with Crippen LogP contribution in [0.3, 0.4) is 0 Å². The van der Waals surface area contributed by atoms with Gasteiger partial charge in [0.25, 0.3) is 5.69 Å². The van der Waals surface area contributed by atoms with Gasteiger partial charge in [0.2, 0.25) is 0 Å².